The molecular formula is C7H5Cl2S+. The monoisotopic (exact) mass is 191 g/mol. The first-order chi connectivity index (χ1) is 4.79. The molecule has 0 aliphatic heterocycles. The standard InChI is InChI=1S/C7H5Cl2S/c8-7(9)10-6-4-2-1-3-5-6/h1-5H/q+1. The summed E-state index contributed by atoms with van der Waals surface area (Å²) in [5, 5.41) is 0. The fourth-order valence-corrected chi connectivity index (χ4v) is 1.58. The zero-order valence-electron chi connectivity index (χ0n) is 5.05. The molecule has 0 spiro atoms. The summed E-state index contributed by atoms with van der Waals surface area (Å²) in [7, 11) is 0. The Morgan fingerprint density at radius 2 is 1.70 bits per heavy atom. The third-order valence-corrected chi connectivity index (χ3v) is 2.06. The number of hydrogen-bond donors (Lipinski definition) is 0. The van der Waals surface area contributed by atoms with Gasteiger partial charge in [0, 0.05) is 12.1 Å². The second-order valence-corrected chi connectivity index (χ2v) is 4.12. The van der Waals surface area contributed by atoms with E-state index in [1.165, 1.54) is 11.4 Å². The molecule has 1 aromatic rings. The lowest BCUT2D eigenvalue weighted by atomic mass is 10.4. The van der Waals surface area contributed by atoms with Gasteiger partial charge in [0.15, 0.2) is 0 Å². The van der Waals surface area contributed by atoms with Gasteiger partial charge in [0.1, 0.15) is 0 Å². The Morgan fingerprint density at radius 1 is 1.10 bits per heavy atom. The average molecular weight is 192 g/mol. The molecule has 0 saturated carbocycles. The maximum Gasteiger partial charge on any atom is 0.367 e. The van der Waals surface area contributed by atoms with Crippen molar-refractivity contribution in [3.05, 3.63) is 30.3 Å². The van der Waals surface area contributed by atoms with Crippen molar-refractivity contribution in [2.24, 2.45) is 0 Å². The van der Waals surface area contributed by atoms with E-state index >= 15 is 0 Å². The number of hydrogen-bond acceptors (Lipinski definition) is 0. The quantitative estimate of drug-likeness (QED) is 0.364. The predicted molar refractivity (Wildman–Crippen MR) is 48.8 cm³/mol. The molecular weight excluding hydrogens is 187 g/mol. The van der Waals surface area contributed by atoms with Crippen LogP contribution in [0.25, 0.3) is 0 Å². The van der Waals surface area contributed by atoms with Gasteiger partial charge >= 0.3 is 3.78 Å². The van der Waals surface area contributed by atoms with Crippen LogP contribution in [0.1, 0.15) is 0 Å². The van der Waals surface area contributed by atoms with Gasteiger partial charge in [-0.15, -0.1) is 0 Å². The number of halogens is 2. The zero-order chi connectivity index (χ0) is 7.40. The molecule has 0 radical (unpaired) electrons. The summed E-state index contributed by atoms with van der Waals surface area (Å²) in [6.45, 7) is 0. The molecule has 3 heteroatoms. The predicted octanol–water partition coefficient (Wildman–Crippen LogP) is 2.69. The highest BCUT2D eigenvalue weighted by Crippen LogP contribution is 2.01. The third-order valence-electron chi connectivity index (χ3n) is 0.938. The van der Waals surface area contributed by atoms with Gasteiger partial charge < -0.3 is 0 Å². The minimum atomic E-state index is 0.325. The fourth-order valence-electron chi connectivity index (χ4n) is 0.578. The van der Waals surface area contributed by atoms with Crippen molar-refractivity contribution in [1.82, 2.24) is 0 Å². The Balaban J connectivity index is 2.87. The van der Waals surface area contributed by atoms with Gasteiger partial charge in [0.2, 0.25) is 4.90 Å². The van der Waals surface area contributed by atoms with E-state index in [1.54, 1.807) is 0 Å². The second-order valence-electron chi connectivity index (χ2n) is 1.64. The topological polar surface area (TPSA) is 0 Å². The molecule has 0 saturated heterocycles. The summed E-state index contributed by atoms with van der Waals surface area (Å²) in [6, 6.07) is 9.75. The molecule has 0 amide bonds. The van der Waals surface area contributed by atoms with Crippen LogP contribution in [-0.2, 0) is 11.4 Å². The van der Waals surface area contributed by atoms with Gasteiger partial charge in [-0.05, 0) is 23.2 Å². The van der Waals surface area contributed by atoms with Gasteiger partial charge in [-0.25, -0.2) is 0 Å². The Kier molecular flexibility index (Phi) is 3.13. The third kappa shape index (κ3) is 2.65. The van der Waals surface area contributed by atoms with E-state index in [0.717, 1.165) is 4.90 Å². The van der Waals surface area contributed by atoms with Gasteiger partial charge in [-0.1, -0.05) is 18.2 Å². The molecule has 0 fully saturated rings. The van der Waals surface area contributed by atoms with Crippen molar-refractivity contribution in [1.29, 1.82) is 0 Å². The SMILES string of the molecule is ClC(Cl)=[S+]c1ccccc1. The van der Waals surface area contributed by atoms with Gasteiger partial charge in [0.05, 0.1) is 0 Å². The minimum absolute atomic E-state index is 0.325. The van der Waals surface area contributed by atoms with E-state index < -0.39 is 0 Å². The molecule has 1 rings (SSSR count). The van der Waals surface area contributed by atoms with Crippen LogP contribution >= 0.6 is 23.2 Å². The molecule has 0 aliphatic carbocycles. The zero-order valence-corrected chi connectivity index (χ0v) is 7.38. The molecule has 0 bridgehead atoms. The van der Waals surface area contributed by atoms with Crippen LogP contribution in [0.3, 0.4) is 0 Å². The Labute approximate surface area is 73.7 Å². The average Bonchev–Trinajstić information content (AvgIpc) is 1.88. The maximum atomic E-state index is 5.46. The summed E-state index contributed by atoms with van der Waals surface area (Å²) in [4.78, 5) is 1.06. The first-order valence-corrected chi connectivity index (χ1v) is 4.27. The summed E-state index contributed by atoms with van der Waals surface area (Å²) >= 11 is 12.3. The first kappa shape index (κ1) is 7.99. The summed E-state index contributed by atoms with van der Waals surface area (Å²) in [6.07, 6.45) is 0. The molecule has 0 aliphatic rings. The summed E-state index contributed by atoms with van der Waals surface area (Å²) in [5.41, 5.74) is 0. The summed E-state index contributed by atoms with van der Waals surface area (Å²) < 4.78 is 0.325. The smallest absolute Gasteiger partial charge is 0.0619 e. The molecule has 0 aromatic heterocycles. The van der Waals surface area contributed by atoms with Gasteiger partial charge in [-0.3, -0.25) is 0 Å². The van der Waals surface area contributed by atoms with Crippen LogP contribution < -0.4 is 0 Å². The van der Waals surface area contributed by atoms with Gasteiger partial charge in [0.25, 0.3) is 11.4 Å². The Morgan fingerprint density at radius 3 is 2.20 bits per heavy atom. The van der Waals surface area contributed by atoms with Crippen molar-refractivity contribution < 1.29 is 0 Å². The van der Waals surface area contributed by atoms with Crippen molar-refractivity contribution in [3.8, 4) is 0 Å². The van der Waals surface area contributed by atoms with E-state index in [1.807, 2.05) is 30.3 Å². The fraction of sp³-hybridized carbons (Fsp3) is 0. The van der Waals surface area contributed by atoms with Crippen LogP contribution in [0.4, 0.5) is 0 Å². The maximum absolute atomic E-state index is 5.46. The highest BCUT2D eigenvalue weighted by molar-refractivity contribution is 7.84. The number of rotatable bonds is 1. The van der Waals surface area contributed by atoms with Crippen LogP contribution in [-0.4, -0.2) is 3.78 Å². The molecule has 10 heavy (non-hydrogen) atoms. The molecule has 0 atom stereocenters. The van der Waals surface area contributed by atoms with Crippen molar-refractivity contribution in [3.63, 3.8) is 0 Å². The van der Waals surface area contributed by atoms with E-state index in [2.05, 4.69) is 0 Å². The van der Waals surface area contributed by atoms with Crippen molar-refractivity contribution >= 4 is 38.3 Å². The minimum Gasteiger partial charge on any atom is -0.0619 e. The van der Waals surface area contributed by atoms with Crippen LogP contribution in [0, 0.1) is 0 Å². The largest absolute Gasteiger partial charge is 0.367 e. The van der Waals surface area contributed by atoms with Crippen molar-refractivity contribution in [2.75, 3.05) is 0 Å². The first-order valence-electron chi connectivity index (χ1n) is 2.70. The molecule has 52 valence electrons. The van der Waals surface area contributed by atoms with E-state index in [0.29, 0.717) is 3.78 Å². The van der Waals surface area contributed by atoms with E-state index in [9.17, 15) is 0 Å². The Hall–Kier alpha value is -0.110. The highest BCUT2D eigenvalue weighted by atomic mass is 35.5. The summed E-state index contributed by atoms with van der Waals surface area (Å²) in [5.74, 6) is 0. The molecule has 0 heterocycles. The molecule has 1 aromatic carbocycles. The van der Waals surface area contributed by atoms with E-state index in [4.69, 9.17) is 23.2 Å². The van der Waals surface area contributed by atoms with E-state index in [-0.39, 0.29) is 0 Å². The van der Waals surface area contributed by atoms with Crippen LogP contribution in [0.15, 0.2) is 35.2 Å². The van der Waals surface area contributed by atoms with Gasteiger partial charge in [-0.2, -0.15) is 0 Å². The Bertz CT molecular complexity index is 227. The molecule has 0 nitrogen and oxygen atoms in total. The van der Waals surface area contributed by atoms with Crippen LogP contribution in [0.2, 0.25) is 0 Å². The van der Waals surface area contributed by atoms with Crippen molar-refractivity contribution in [2.45, 2.75) is 4.90 Å². The lowest BCUT2D eigenvalue weighted by Crippen LogP contribution is -1.76. The number of benzene rings is 1. The van der Waals surface area contributed by atoms with Crippen LogP contribution in [0.5, 0.6) is 0 Å². The lowest BCUT2D eigenvalue weighted by Gasteiger charge is -1.75. The highest BCUT2D eigenvalue weighted by Gasteiger charge is 2.04. The lowest BCUT2D eigenvalue weighted by molar-refractivity contribution is 1.48. The molecule has 0 N–H and O–H groups in total. The second kappa shape index (κ2) is 3.91. The molecule has 0 unspecified atom stereocenters. The normalized spacial score (nSPS) is 9.00.